The molecule has 5 atom stereocenters. The van der Waals surface area contributed by atoms with Crippen molar-refractivity contribution in [3.8, 4) is 0 Å². The maximum atomic E-state index is 13.5. The SMILES string of the molecule is Cc1ccc(C2CC(C(=O)NCCc3ccccc3)C3C(NNC3c3ccccc3)N2)cc1. The quantitative estimate of drug-likeness (QED) is 0.471. The van der Waals surface area contributed by atoms with Crippen molar-refractivity contribution in [2.45, 2.75) is 38.0 Å². The molecule has 4 N–H and O–H groups in total. The van der Waals surface area contributed by atoms with Crippen molar-refractivity contribution >= 4 is 5.91 Å². The highest BCUT2D eigenvalue weighted by atomic mass is 16.1. The van der Waals surface area contributed by atoms with Crippen LogP contribution in [0.5, 0.6) is 0 Å². The number of carbonyl (C=O) groups excluding carboxylic acids is 1. The first-order valence-corrected chi connectivity index (χ1v) is 11.9. The van der Waals surface area contributed by atoms with Crippen LogP contribution in [0.1, 0.15) is 40.8 Å². The van der Waals surface area contributed by atoms with Gasteiger partial charge in [-0.25, -0.2) is 10.9 Å². The van der Waals surface area contributed by atoms with E-state index < -0.39 is 0 Å². The fourth-order valence-corrected chi connectivity index (χ4v) is 5.26. The van der Waals surface area contributed by atoms with E-state index in [9.17, 15) is 4.79 Å². The molecule has 2 fully saturated rings. The topological polar surface area (TPSA) is 65.2 Å². The zero-order valence-electron chi connectivity index (χ0n) is 19.0. The fraction of sp³-hybridized carbons (Fsp3) is 0.321. The van der Waals surface area contributed by atoms with Gasteiger partial charge in [0.2, 0.25) is 5.91 Å². The molecule has 1 amide bonds. The Labute approximate surface area is 196 Å². The molecule has 5 rings (SSSR count). The predicted octanol–water partition coefficient (Wildman–Crippen LogP) is 3.80. The first kappa shape index (κ1) is 21.8. The maximum Gasteiger partial charge on any atom is 0.223 e. The highest BCUT2D eigenvalue weighted by Gasteiger charge is 2.49. The summed E-state index contributed by atoms with van der Waals surface area (Å²) in [6.45, 7) is 2.75. The second-order valence-corrected chi connectivity index (χ2v) is 9.23. The van der Waals surface area contributed by atoms with Crippen molar-refractivity contribution in [3.05, 3.63) is 107 Å². The second-order valence-electron chi connectivity index (χ2n) is 9.23. The molecule has 2 saturated heterocycles. The van der Waals surface area contributed by atoms with E-state index in [1.807, 2.05) is 24.3 Å². The third-order valence-corrected chi connectivity index (χ3v) is 7.03. The minimum absolute atomic E-state index is 0.0140. The summed E-state index contributed by atoms with van der Waals surface area (Å²) in [5, 5.41) is 7.01. The molecule has 3 aromatic carbocycles. The number of hydrogen-bond acceptors (Lipinski definition) is 4. The van der Waals surface area contributed by atoms with E-state index in [1.165, 1.54) is 22.3 Å². The number of aryl methyl sites for hydroxylation is 1. The summed E-state index contributed by atoms with van der Waals surface area (Å²) < 4.78 is 0. The van der Waals surface area contributed by atoms with E-state index in [2.05, 4.69) is 89.1 Å². The van der Waals surface area contributed by atoms with Gasteiger partial charge in [0.25, 0.3) is 0 Å². The van der Waals surface area contributed by atoms with Crippen molar-refractivity contribution < 1.29 is 4.79 Å². The predicted molar refractivity (Wildman–Crippen MR) is 131 cm³/mol. The Balaban J connectivity index is 1.36. The molecule has 0 aliphatic carbocycles. The van der Waals surface area contributed by atoms with Crippen molar-refractivity contribution in [2.24, 2.45) is 11.8 Å². The Bertz CT molecular complexity index is 1050. The van der Waals surface area contributed by atoms with Gasteiger partial charge in [0.15, 0.2) is 0 Å². The van der Waals surface area contributed by atoms with Gasteiger partial charge in [-0.3, -0.25) is 10.1 Å². The molecular weight excluding hydrogens is 408 g/mol. The standard InChI is InChI=1S/C28H32N4O/c1-19-12-14-21(15-13-19)24-18-23(28(33)29-17-16-20-8-4-2-5-9-20)25-26(31-32-27(25)30-24)22-10-6-3-7-11-22/h2-15,23-27,30-32H,16-18H2,1H3,(H,29,33). The van der Waals surface area contributed by atoms with Gasteiger partial charge in [0.05, 0.1) is 12.2 Å². The molecule has 33 heavy (non-hydrogen) atoms. The molecule has 0 aromatic heterocycles. The maximum absolute atomic E-state index is 13.5. The molecule has 170 valence electrons. The monoisotopic (exact) mass is 440 g/mol. The summed E-state index contributed by atoms with van der Waals surface area (Å²) in [7, 11) is 0. The summed E-state index contributed by atoms with van der Waals surface area (Å²) in [5.41, 5.74) is 11.8. The fourth-order valence-electron chi connectivity index (χ4n) is 5.26. The lowest BCUT2D eigenvalue weighted by Crippen LogP contribution is -2.54. The van der Waals surface area contributed by atoms with E-state index in [1.54, 1.807) is 0 Å². The van der Waals surface area contributed by atoms with Crippen LogP contribution in [0.15, 0.2) is 84.9 Å². The van der Waals surface area contributed by atoms with Crippen LogP contribution in [-0.4, -0.2) is 18.6 Å². The molecule has 2 heterocycles. The molecule has 0 bridgehead atoms. The molecule has 0 spiro atoms. The number of hydrazine groups is 1. The highest BCUT2D eigenvalue weighted by Crippen LogP contribution is 2.42. The molecule has 2 aliphatic heterocycles. The average molecular weight is 441 g/mol. The van der Waals surface area contributed by atoms with E-state index in [-0.39, 0.29) is 36.0 Å². The number of rotatable bonds is 6. The normalized spacial score (nSPS) is 26.5. The Hall–Kier alpha value is -2.99. The molecule has 0 radical (unpaired) electrons. The zero-order valence-corrected chi connectivity index (χ0v) is 19.0. The molecule has 5 nitrogen and oxygen atoms in total. The number of hydrogen-bond donors (Lipinski definition) is 4. The minimum atomic E-state index is -0.106. The highest BCUT2D eigenvalue weighted by molar-refractivity contribution is 5.79. The smallest absolute Gasteiger partial charge is 0.223 e. The number of amides is 1. The molecule has 0 saturated carbocycles. The number of nitrogens with one attached hydrogen (secondary N) is 4. The lowest BCUT2D eigenvalue weighted by atomic mass is 9.74. The van der Waals surface area contributed by atoms with Gasteiger partial charge in [0, 0.05) is 24.4 Å². The van der Waals surface area contributed by atoms with Crippen LogP contribution < -0.4 is 21.5 Å². The van der Waals surface area contributed by atoms with Crippen LogP contribution in [-0.2, 0) is 11.2 Å². The Kier molecular flexibility index (Phi) is 6.53. The lowest BCUT2D eigenvalue weighted by molar-refractivity contribution is -0.128. The van der Waals surface area contributed by atoms with Crippen molar-refractivity contribution in [2.75, 3.05) is 6.54 Å². The third kappa shape index (κ3) is 4.86. The number of benzene rings is 3. The van der Waals surface area contributed by atoms with Gasteiger partial charge in [0.1, 0.15) is 0 Å². The first-order valence-electron chi connectivity index (χ1n) is 11.9. The van der Waals surface area contributed by atoms with Crippen LogP contribution >= 0.6 is 0 Å². The number of carbonyl (C=O) groups is 1. The largest absolute Gasteiger partial charge is 0.356 e. The van der Waals surface area contributed by atoms with Gasteiger partial charge in [-0.05, 0) is 36.5 Å². The van der Waals surface area contributed by atoms with Crippen molar-refractivity contribution in [1.82, 2.24) is 21.5 Å². The Morgan fingerprint density at radius 1 is 0.879 bits per heavy atom. The summed E-state index contributed by atoms with van der Waals surface area (Å²) in [4.78, 5) is 13.5. The molecule has 3 aromatic rings. The average Bonchev–Trinajstić information content (AvgIpc) is 3.29. The molecule has 5 heteroatoms. The molecular formula is C28H32N4O. The first-order chi connectivity index (χ1) is 16.2. The van der Waals surface area contributed by atoms with Crippen LogP contribution in [0.25, 0.3) is 0 Å². The summed E-state index contributed by atoms with van der Waals surface area (Å²) in [6.07, 6.45) is 1.62. The summed E-state index contributed by atoms with van der Waals surface area (Å²) in [6, 6.07) is 29.6. The molecule has 5 unspecified atom stereocenters. The van der Waals surface area contributed by atoms with Crippen LogP contribution in [0.2, 0.25) is 0 Å². The number of fused-ring (bicyclic) bond motifs is 1. The summed E-state index contributed by atoms with van der Waals surface area (Å²) >= 11 is 0. The van der Waals surface area contributed by atoms with Gasteiger partial charge < -0.3 is 5.32 Å². The zero-order chi connectivity index (χ0) is 22.6. The van der Waals surface area contributed by atoms with Crippen LogP contribution in [0.4, 0.5) is 0 Å². The lowest BCUT2D eigenvalue weighted by Gasteiger charge is -2.40. The van der Waals surface area contributed by atoms with Crippen molar-refractivity contribution in [1.29, 1.82) is 0 Å². The molecule has 2 aliphatic rings. The van der Waals surface area contributed by atoms with Gasteiger partial charge >= 0.3 is 0 Å². The van der Waals surface area contributed by atoms with E-state index >= 15 is 0 Å². The van der Waals surface area contributed by atoms with E-state index in [0.717, 1.165) is 12.8 Å². The van der Waals surface area contributed by atoms with E-state index in [0.29, 0.717) is 6.54 Å². The van der Waals surface area contributed by atoms with Crippen LogP contribution in [0.3, 0.4) is 0 Å². The Morgan fingerprint density at radius 2 is 1.58 bits per heavy atom. The van der Waals surface area contributed by atoms with Crippen molar-refractivity contribution in [3.63, 3.8) is 0 Å². The van der Waals surface area contributed by atoms with Gasteiger partial charge in [-0.1, -0.05) is 90.5 Å². The summed E-state index contributed by atoms with van der Waals surface area (Å²) in [5.74, 6) is 0.155. The minimum Gasteiger partial charge on any atom is -0.356 e. The van der Waals surface area contributed by atoms with Gasteiger partial charge in [-0.15, -0.1) is 0 Å². The number of piperidine rings is 1. The van der Waals surface area contributed by atoms with Gasteiger partial charge in [-0.2, -0.15) is 0 Å². The van der Waals surface area contributed by atoms with Crippen LogP contribution in [0, 0.1) is 18.8 Å². The van der Waals surface area contributed by atoms with E-state index in [4.69, 9.17) is 0 Å². The Morgan fingerprint density at radius 3 is 2.30 bits per heavy atom. The second kappa shape index (κ2) is 9.87. The third-order valence-electron chi connectivity index (χ3n) is 7.03.